The molecule has 143 heavy (non-hydrogen) atoms. The highest BCUT2D eigenvalue weighted by molar-refractivity contribution is 5.97. The van der Waals surface area contributed by atoms with Gasteiger partial charge in [0.25, 0.3) is 0 Å². The number of carboxylic acid groups (broad SMARTS) is 2. The molecule has 0 aromatic heterocycles. The molecular weight excluding hydrogens is 1790 g/mol. The van der Waals surface area contributed by atoms with E-state index in [1.807, 2.05) is 0 Å². The first kappa shape index (κ1) is 112. The number of allylic oxidation sites excluding steroid dienone is 2. The van der Waals surface area contributed by atoms with Crippen molar-refractivity contribution in [3.8, 4) is 0 Å². The largest absolute Gasteiger partial charge is 0.481 e. The van der Waals surface area contributed by atoms with Crippen LogP contribution in [0.2, 0.25) is 0 Å². The predicted octanol–water partition coefficient (Wildman–Crippen LogP) is 26.8. The Hall–Kier alpha value is -3.77. The average molecular weight is 1990 g/mol. The van der Waals surface area contributed by atoms with Crippen LogP contribution < -0.4 is 0 Å². The third kappa shape index (κ3) is 20.1. The summed E-state index contributed by atoms with van der Waals surface area (Å²) in [6.45, 7) is 42.6. The van der Waals surface area contributed by atoms with Crippen molar-refractivity contribution in [1.29, 1.82) is 0 Å². The molecule has 47 atom stereocenters. The minimum Gasteiger partial charge on any atom is -0.481 e. The van der Waals surface area contributed by atoms with Gasteiger partial charge in [-0.05, 0) is 502 Å². The maximum Gasteiger partial charge on any atom is 0.305 e. The van der Waals surface area contributed by atoms with Gasteiger partial charge in [0.1, 0.15) is 5.78 Å². The predicted molar refractivity (Wildman–Crippen MR) is 564 cm³/mol. The maximum absolute atomic E-state index is 13.8. The van der Waals surface area contributed by atoms with Gasteiger partial charge < -0.3 is 50.0 Å². The van der Waals surface area contributed by atoms with Gasteiger partial charge in [0.05, 0.1) is 51.8 Å². The van der Waals surface area contributed by atoms with Crippen LogP contribution in [0, 0.1) is 244 Å². The zero-order valence-electron chi connectivity index (χ0n) is 93.8. The van der Waals surface area contributed by atoms with Gasteiger partial charge in [-0.2, -0.15) is 0 Å². The molecule has 0 heterocycles. The fourth-order valence-electron chi connectivity index (χ4n) is 43.4. The van der Waals surface area contributed by atoms with Crippen molar-refractivity contribution in [1.82, 2.24) is 0 Å². The van der Waals surface area contributed by atoms with E-state index in [0.29, 0.717) is 184 Å². The quantitative estimate of drug-likeness (QED) is 0.0440. The standard InChI is InChI=1S/C26H44O3.C26H42O3.C26H40O3.2C24H40O4/c3*1-16-12-13-25(3)18(14-16)7-8-19-21-10-9-20(17(2)6-11-24(28)29-5)26(21,4)23(27)15-22(19)25;2*1-14(4-9-22(27)28)18-7-8-19-17-6-5-15-12-16(25)10-11-23(15,2)20(17)13-21(26)24(18,19)3/h16-23,27H,6-15H2,1-5H3;16-22H,6-15H2,1-5H3;15-21H,6-14H2,1-5H3;2*14-21,25-26H,4-13H2,1-3H3,(H,27,28)/t16-,17-,18-,19?,20?,21?,22?,23+,25+,26-;16-,17-,18-,19?,20?,21?,22?,25+,26-;16-,17-,18-,19?,20?,21?,25+,26-;2*14-,15-,16-,17?,18?,19?,20?,21+,23+,24-/m11111/s1. The molecule has 20 aliphatic rings. The molecule has 17 heteroatoms. The number of hydrogen-bond donors (Lipinski definition) is 7. The lowest BCUT2D eigenvalue weighted by Crippen LogP contribution is -2.58. The molecule has 7 N–H and O–H groups in total. The van der Waals surface area contributed by atoms with Crippen LogP contribution >= 0.6 is 0 Å². The Morgan fingerprint density at radius 1 is 0.322 bits per heavy atom. The summed E-state index contributed by atoms with van der Waals surface area (Å²) >= 11 is 0. The Kier molecular flexibility index (Phi) is 34.1. The molecule has 0 amide bonds. The third-order valence-electron chi connectivity index (χ3n) is 52.0. The van der Waals surface area contributed by atoms with Gasteiger partial charge >= 0.3 is 29.8 Å². The van der Waals surface area contributed by atoms with Gasteiger partial charge in [0, 0.05) is 49.4 Å². The second-order valence-corrected chi connectivity index (χ2v) is 57.6. The number of Topliss-reactive ketones (excluding diaryl/α,β-unsaturated/α-hetero) is 1. The lowest BCUT2D eigenvalue weighted by atomic mass is 9.43. The molecule has 19 saturated carbocycles. The van der Waals surface area contributed by atoms with E-state index >= 15 is 0 Å². The molecule has 20 rings (SSSR count). The zero-order chi connectivity index (χ0) is 103. The van der Waals surface area contributed by atoms with E-state index in [9.17, 15) is 59.1 Å². The van der Waals surface area contributed by atoms with Crippen LogP contribution in [0.15, 0.2) is 11.6 Å². The number of esters is 3. The van der Waals surface area contributed by atoms with Gasteiger partial charge in [-0.3, -0.25) is 33.6 Å². The van der Waals surface area contributed by atoms with Crippen molar-refractivity contribution in [3.63, 3.8) is 0 Å². The molecular formula is C126H206O17. The number of hydrogen-bond acceptors (Lipinski definition) is 15. The first-order chi connectivity index (χ1) is 67.5. The first-order valence-corrected chi connectivity index (χ1v) is 60.3. The Balaban J connectivity index is 0.000000128. The van der Waals surface area contributed by atoms with E-state index in [1.165, 1.54) is 187 Å². The van der Waals surface area contributed by atoms with Gasteiger partial charge in [0.2, 0.25) is 0 Å². The summed E-state index contributed by atoms with van der Waals surface area (Å²) in [7, 11) is 4.40. The monoisotopic (exact) mass is 1990 g/mol. The molecule has 0 bridgehead atoms. The second kappa shape index (κ2) is 43.6. The molecule has 19 fully saturated rings. The Morgan fingerprint density at radius 3 is 1.00 bits per heavy atom. The van der Waals surface area contributed by atoms with Gasteiger partial charge in [-0.1, -0.05) is 143 Å². The smallest absolute Gasteiger partial charge is 0.305 e. The van der Waals surface area contributed by atoms with Crippen LogP contribution in [0.3, 0.4) is 0 Å². The van der Waals surface area contributed by atoms with Gasteiger partial charge in [0.15, 0.2) is 5.78 Å². The van der Waals surface area contributed by atoms with Crippen LogP contribution in [-0.4, -0.2) is 129 Å². The highest BCUT2D eigenvalue weighted by Gasteiger charge is 2.71. The van der Waals surface area contributed by atoms with Crippen molar-refractivity contribution in [2.24, 2.45) is 244 Å². The number of aliphatic carboxylic acids is 2. The lowest BCUT2D eigenvalue weighted by Gasteiger charge is -2.62. The van der Waals surface area contributed by atoms with Crippen LogP contribution in [-0.2, 0) is 47.8 Å². The minimum atomic E-state index is -0.707. The maximum atomic E-state index is 13.8. The van der Waals surface area contributed by atoms with Crippen molar-refractivity contribution in [3.05, 3.63) is 11.6 Å². The molecule has 0 aromatic rings. The minimum absolute atomic E-state index is 0.0296. The number of carbonyl (C=O) groups excluding carboxylic acids is 5. The van der Waals surface area contributed by atoms with E-state index in [-0.39, 0.29) is 105 Å². The number of fused-ring (bicyclic) bond motifs is 25. The Morgan fingerprint density at radius 2 is 0.622 bits per heavy atom. The number of carboxylic acids is 2. The molecule has 0 radical (unpaired) electrons. The van der Waals surface area contributed by atoms with E-state index in [4.69, 9.17) is 24.4 Å². The van der Waals surface area contributed by atoms with E-state index in [0.717, 1.165) is 169 Å². The van der Waals surface area contributed by atoms with Crippen LogP contribution in [0.1, 0.15) is 439 Å². The molecule has 17 nitrogen and oxygen atoms in total. The highest BCUT2D eigenvalue weighted by atomic mass is 16.5. The van der Waals surface area contributed by atoms with Gasteiger partial charge in [-0.15, -0.1) is 0 Å². The number of ketones is 2. The number of aliphatic hydroxyl groups is 5. The zero-order valence-corrected chi connectivity index (χ0v) is 93.8. The second-order valence-electron chi connectivity index (χ2n) is 57.6. The van der Waals surface area contributed by atoms with E-state index in [2.05, 4.69) is 131 Å². The summed E-state index contributed by atoms with van der Waals surface area (Å²) < 4.78 is 14.6. The van der Waals surface area contributed by atoms with Crippen LogP contribution in [0.4, 0.5) is 0 Å². The number of methoxy groups -OCH3 is 3. The number of rotatable bonds is 20. The summed E-state index contributed by atoms with van der Waals surface area (Å²) in [4.78, 5) is 84.5. The number of aliphatic hydroxyl groups excluding tert-OH is 5. The molecule has 0 spiro atoms. The summed E-state index contributed by atoms with van der Waals surface area (Å²) in [6.07, 6.45) is 53.7. The van der Waals surface area contributed by atoms with Crippen molar-refractivity contribution in [2.45, 2.75) is 470 Å². The summed E-state index contributed by atoms with van der Waals surface area (Å²) in [5, 5.41) is 73.1. The number of ether oxygens (including phenoxy) is 3. The molecule has 0 aliphatic heterocycles. The SMILES string of the molecule is COC(=O)CC[C@@H](C)C1CCC2C3CC[C@@H]4C[C@H](C)CC[C@]4(C)C3=CC(=O)[C@@]21C.COC(=O)CC[C@@H](C)C1CCC2C3CC[C@@H]4C[C@H](C)CC[C@]4(C)C3CC(=O)[C@@]21C.COC(=O)CC[C@@H](C)C1CCC2C3CC[C@@H]4C[C@H](C)CC[C@]4(C)C3C[C@H](O)[C@@]21C.C[C@H](CCC(=O)O)C1CCC2C3CC[C@@H]4C[C@H](O)CC[C@]4(C)C3C[C@H](O)[C@@]21C.C[C@H](CCC(=O)O)C1CCC2C3CC[C@@H]4C[C@H](O)CC[C@]4(C)C3C[C@H](O)[C@@]21C. The van der Waals surface area contributed by atoms with Gasteiger partial charge in [-0.25, -0.2) is 0 Å². The van der Waals surface area contributed by atoms with E-state index in [1.54, 1.807) is 0 Å². The average Bonchev–Trinajstić information content (AvgIpc) is 1.64. The molecule has 20 aliphatic carbocycles. The highest BCUT2D eigenvalue weighted by Crippen LogP contribution is 2.76. The summed E-state index contributed by atoms with van der Waals surface area (Å²) in [5.41, 5.74) is 2.67. The fourth-order valence-corrected chi connectivity index (χ4v) is 43.4. The number of carbonyl (C=O) groups is 7. The Bertz CT molecular complexity index is 4360. The van der Waals surface area contributed by atoms with E-state index < -0.39 is 11.9 Å². The first-order valence-electron chi connectivity index (χ1n) is 60.3. The topological polar surface area (TPSA) is 289 Å². The van der Waals surface area contributed by atoms with Crippen molar-refractivity contribution in [2.75, 3.05) is 21.3 Å². The van der Waals surface area contributed by atoms with Crippen LogP contribution in [0.5, 0.6) is 0 Å². The molecule has 19 unspecified atom stereocenters. The summed E-state index contributed by atoms with van der Waals surface area (Å²) in [6, 6.07) is 0. The lowest BCUT2D eigenvalue weighted by molar-refractivity contribution is -0.175. The van der Waals surface area contributed by atoms with Crippen molar-refractivity contribution >= 4 is 41.4 Å². The normalized spacial score (nSPS) is 49.2. The summed E-state index contributed by atoms with van der Waals surface area (Å²) in [5.74, 6) is 18.6. The Labute approximate surface area is 866 Å². The fraction of sp³-hybridized carbons (Fsp3) is 0.929. The van der Waals surface area contributed by atoms with Crippen LogP contribution in [0.25, 0.3) is 0 Å². The third-order valence-corrected chi connectivity index (χ3v) is 52.0. The molecule has 0 aromatic carbocycles. The van der Waals surface area contributed by atoms with Crippen molar-refractivity contribution < 1.29 is 83.5 Å². The molecule has 812 valence electrons. The molecule has 0 saturated heterocycles.